The molecule has 36 heavy (non-hydrogen) atoms. The van der Waals surface area contributed by atoms with Gasteiger partial charge < -0.3 is 24.3 Å². The van der Waals surface area contributed by atoms with Crippen LogP contribution in [0.1, 0.15) is 75.2 Å². The number of nitrogens with zero attached hydrogens (tertiary/aromatic N) is 3. The Labute approximate surface area is 220 Å². The van der Waals surface area contributed by atoms with Crippen LogP contribution in [0.2, 0.25) is 0 Å². The van der Waals surface area contributed by atoms with E-state index in [1.807, 2.05) is 46.4 Å². The monoisotopic (exact) mass is 520 g/mol. The molecule has 2 aliphatic heterocycles. The summed E-state index contributed by atoms with van der Waals surface area (Å²) in [5, 5.41) is 3.59. The lowest BCUT2D eigenvalue weighted by atomic mass is 9.81. The second-order valence-corrected chi connectivity index (χ2v) is 13.2. The van der Waals surface area contributed by atoms with Crippen LogP contribution in [0.3, 0.4) is 0 Å². The van der Waals surface area contributed by atoms with Crippen molar-refractivity contribution in [1.29, 1.82) is 0 Å². The fourth-order valence-corrected chi connectivity index (χ4v) is 5.08. The van der Waals surface area contributed by atoms with Crippen molar-refractivity contribution in [2.75, 3.05) is 13.1 Å². The van der Waals surface area contributed by atoms with Crippen LogP contribution in [0.4, 0.5) is 4.79 Å². The van der Waals surface area contributed by atoms with Gasteiger partial charge in [-0.25, -0.2) is 14.8 Å². The first-order valence-corrected chi connectivity index (χ1v) is 13.6. The van der Waals surface area contributed by atoms with E-state index in [2.05, 4.69) is 15.3 Å². The molecule has 2 saturated heterocycles. The van der Waals surface area contributed by atoms with Gasteiger partial charge in [0.1, 0.15) is 11.6 Å². The first-order chi connectivity index (χ1) is 16.6. The van der Waals surface area contributed by atoms with Gasteiger partial charge in [-0.2, -0.15) is 0 Å². The lowest BCUT2D eigenvalue weighted by Gasteiger charge is -2.35. The third kappa shape index (κ3) is 7.13. The standard InChI is InChI=1S/C25H41BN4O5S/c1-16(2)19(29-22(32)33-23(3,4)5)20(31)30-12-10-11-18(15-30)36-21-27-13-17(14-28-21)26-34-24(6,7)25(8,9)35-26/h13-14,16,18-19H,10-12,15H2,1-9H3,(H,29,32)/t18-,19?/m0/s1. The minimum Gasteiger partial charge on any atom is -0.444 e. The first kappa shape index (κ1) is 28.7. The number of ether oxygens (including phenoxy) is 1. The fraction of sp³-hybridized carbons (Fsp3) is 0.760. The molecule has 0 radical (unpaired) electrons. The summed E-state index contributed by atoms with van der Waals surface area (Å²) in [6.07, 6.45) is 4.77. The van der Waals surface area contributed by atoms with Crippen molar-refractivity contribution in [1.82, 2.24) is 20.2 Å². The summed E-state index contributed by atoms with van der Waals surface area (Å²) in [6, 6.07) is -0.640. The molecule has 11 heteroatoms. The summed E-state index contributed by atoms with van der Waals surface area (Å²) < 4.78 is 17.5. The van der Waals surface area contributed by atoms with E-state index in [4.69, 9.17) is 14.0 Å². The van der Waals surface area contributed by atoms with E-state index in [0.29, 0.717) is 18.2 Å². The summed E-state index contributed by atoms with van der Waals surface area (Å²) in [4.78, 5) is 36.5. The average Bonchev–Trinajstić information content (AvgIpc) is 2.98. The highest BCUT2D eigenvalue weighted by Gasteiger charge is 2.52. The number of carbonyl (C=O) groups is 2. The lowest BCUT2D eigenvalue weighted by Crippen LogP contribution is -2.54. The highest BCUT2D eigenvalue weighted by Crippen LogP contribution is 2.36. The molecule has 200 valence electrons. The summed E-state index contributed by atoms with van der Waals surface area (Å²) in [5.74, 6) is -0.151. The summed E-state index contributed by atoms with van der Waals surface area (Å²) in [5.41, 5.74) is -0.684. The molecular formula is C25H41BN4O5S. The molecule has 2 atom stereocenters. The Morgan fingerprint density at radius 3 is 2.28 bits per heavy atom. The average molecular weight is 521 g/mol. The molecule has 9 nitrogen and oxygen atoms in total. The molecule has 2 amide bonds. The maximum absolute atomic E-state index is 13.3. The maximum atomic E-state index is 13.3. The fourth-order valence-electron chi connectivity index (χ4n) is 4.02. The number of nitrogens with one attached hydrogen (secondary N) is 1. The first-order valence-electron chi connectivity index (χ1n) is 12.7. The van der Waals surface area contributed by atoms with Crippen molar-refractivity contribution in [2.24, 2.45) is 5.92 Å². The molecule has 0 saturated carbocycles. The summed E-state index contributed by atoms with van der Waals surface area (Å²) >= 11 is 1.57. The molecule has 0 aromatic carbocycles. The van der Waals surface area contributed by atoms with Crippen molar-refractivity contribution in [3.8, 4) is 0 Å². The van der Waals surface area contributed by atoms with Crippen LogP contribution in [0.5, 0.6) is 0 Å². The second kappa shape index (κ2) is 10.9. The predicted octanol–water partition coefficient (Wildman–Crippen LogP) is 3.41. The summed E-state index contributed by atoms with van der Waals surface area (Å²) in [6.45, 7) is 18.5. The van der Waals surface area contributed by atoms with E-state index in [1.165, 1.54) is 0 Å². The van der Waals surface area contributed by atoms with Gasteiger partial charge in [-0.3, -0.25) is 4.79 Å². The Bertz CT molecular complexity index is 919. The molecule has 2 fully saturated rings. The molecule has 1 N–H and O–H groups in total. The topological polar surface area (TPSA) is 103 Å². The van der Waals surface area contributed by atoms with Gasteiger partial charge in [0.2, 0.25) is 5.91 Å². The molecule has 3 heterocycles. The molecule has 0 spiro atoms. The Kier molecular flexibility index (Phi) is 8.67. The number of rotatable bonds is 6. The molecule has 1 aromatic rings. The Balaban J connectivity index is 1.59. The Morgan fingerprint density at radius 2 is 1.75 bits per heavy atom. The van der Waals surface area contributed by atoms with Crippen LogP contribution in [0, 0.1) is 5.92 Å². The highest BCUT2D eigenvalue weighted by atomic mass is 32.2. The van der Waals surface area contributed by atoms with E-state index < -0.39 is 36.1 Å². The number of likely N-dealkylation sites (tertiary alicyclic amines) is 1. The van der Waals surface area contributed by atoms with Crippen molar-refractivity contribution in [3.63, 3.8) is 0 Å². The SMILES string of the molecule is CC(C)C(NC(=O)OC(C)(C)C)C(=O)N1CCC[C@H](Sc2ncc(B3OC(C)(C)C(C)(C)O3)cn2)C1. The zero-order valence-corrected chi connectivity index (χ0v) is 23.9. The van der Waals surface area contributed by atoms with Crippen molar-refractivity contribution >= 4 is 36.3 Å². The largest absolute Gasteiger partial charge is 0.498 e. The van der Waals surface area contributed by atoms with Crippen molar-refractivity contribution in [2.45, 2.75) is 108 Å². The van der Waals surface area contributed by atoms with Crippen LogP contribution >= 0.6 is 11.8 Å². The van der Waals surface area contributed by atoms with E-state index in [1.54, 1.807) is 44.9 Å². The molecule has 1 unspecified atom stereocenters. The number of carbonyl (C=O) groups excluding carboxylic acids is 2. The van der Waals surface area contributed by atoms with Gasteiger partial charge in [-0.05, 0) is 67.2 Å². The van der Waals surface area contributed by atoms with Crippen LogP contribution in [-0.2, 0) is 18.8 Å². The number of aromatic nitrogens is 2. The Hall–Kier alpha value is -1.85. The maximum Gasteiger partial charge on any atom is 0.498 e. The molecule has 3 rings (SSSR count). The van der Waals surface area contributed by atoms with Gasteiger partial charge in [0, 0.05) is 36.2 Å². The molecular weight excluding hydrogens is 479 g/mol. The molecule has 2 aliphatic rings. The van der Waals surface area contributed by atoms with Crippen LogP contribution < -0.4 is 10.8 Å². The van der Waals surface area contributed by atoms with E-state index in [-0.39, 0.29) is 17.1 Å². The lowest BCUT2D eigenvalue weighted by molar-refractivity contribution is -0.135. The number of piperidine rings is 1. The number of amides is 2. The van der Waals surface area contributed by atoms with E-state index in [0.717, 1.165) is 18.3 Å². The van der Waals surface area contributed by atoms with Gasteiger partial charge in [0.05, 0.1) is 11.2 Å². The highest BCUT2D eigenvalue weighted by molar-refractivity contribution is 7.99. The normalized spacial score (nSPS) is 22.4. The van der Waals surface area contributed by atoms with Crippen LogP contribution in [-0.4, -0.2) is 75.2 Å². The van der Waals surface area contributed by atoms with Gasteiger partial charge in [0.25, 0.3) is 0 Å². The minimum atomic E-state index is -0.640. The molecule has 0 aliphatic carbocycles. The van der Waals surface area contributed by atoms with Gasteiger partial charge in [0.15, 0.2) is 5.16 Å². The smallest absolute Gasteiger partial charge is 0.444 e. The second-order valence-electron chi connectivity index (χ2n) is 11.9. The van der Waals surface area contributed by atoms with Crippen molar-refractivity contribution in [3.05, 3.63) is 12.4 Å². The number of alkyl carbamates (subject to hydrolysis) is 1. The Morgan fingerprint density at radius 1 is 1.17 bits per heavy atom. The quantitative estimate of drug-likeness (QED) is 0.450. The minimum absolute atomic E-state index is 0.0658. The van der Waals surface area contributed by atoms with Gasteiger partial charge >= 0.3 is 13.2 Å². The van der Waals surface area contributed by atoms with Crippen LogP contribution in [0.25, 0.3) is 0 Å². The number of hydrogen-bond donors (Lipinski definition) is 1. The third-order valence-corrected chi connectivity index (χ3v) is 7.88. The number of thioether (sulfide) groups is 1. The summed E-state index contributed by atoms with van der Waals surface area (Å²) in [7, 11) is -0.498. The third-order valence-electron chi connectivity index (χ3n) is 6.74. The van der Waals surface area contributed by atoms with E-state index in [9.17, 15) is 9.59 Å². The molecule has 0 bridgehead atoms. The van der Waals surface area contributed by atoms with Crippen LogP contribution in [0.15, 0.2) is 17.6 Å². The predicted molar refractivity (Wildman–Crippen MR) is 141 cm³/mol. The zero-order valence-electron chi connectivity index (χ0n) is 23.1. The van der Waals surface area contributed by atoms with Gasteiger partial charge in [-0.15, -0.1) is 0 Å². The number of hydrogen-bond acceptors (Lipinski definition) is 8. The van der Waals surface area contributed by atoms with Crippen molar-refractivity contribution < 1.29 is 23.6 Å². The zero-order chi connectivity index (χ0) is 26.9. The van der Waals surface area contributed by atoms with Gasteiger partial charge in [-0.1, -0.05) is 25.6 Å². The molecule has 1 aromatic heterocycles. The van der Waals surface area contributed by atoms with E-state index >= 15 is 0 Å².